The molecule has 1 heterocycles. The summed E-state index contributed by atoms with van der Waals surface area (Å²) >= 11 is 0. The molecule has 5 atom stereocenters. The molecule has 1 aliphatic heterocycles. The number of allylic oxidation sites excluding steroid dienone is 2. The van der Waals surface area contributed by atoms with Gasteiger partial charge in [0.05, 0.1) is 11.8 Å². The summed E-state index contributed by atoms with van der Waals surface area (Å²) in [5.41, 5.74) is 2.63. The third kappa shape index (κ3) is 3.52. The molecule has 2 fully saturated rings. The fraction of sp³-hybridized carbons (Fsp3) is 0.320. The highest BCUT2D eigenvalue weighted by Gasteiger charge is 2.60. The molecule has 2 aromatic carbocycles. The number of likely N-dealkylation sites (tertiary alicyclic amines) is 1. The SMILES string of the molecule is Cc1cccc(NC(=O)NC(Cc2ccccc2)N2C(=O)C3C4C=CC(C4)C3C2=O)c1. The Balaban J connectivity index is 1.39. The first-order valence-corrected chi connectivity index (χ1v) is 10.7. The molecule has 5 unspecified atom stereocenters. The lowest BCUT2D eigenvalue weighted by molar-refractivity contribution is -0.143. The number of fused-ring (bicyclic) bond motifs is 5. The van der Waals surface area contributed by atoms with Gasteiger partial charge in [0.1, 0.15) is 6.17 Å². The lowest BCUT2D eigenvalue weighted by Crippen LogP contribution is -2.53. The molecule has 2 aliphatic carbocycles. The van der Waals surface area contributed by atoms with Crippen molar-refractivity contribution >= 4 is 23.5 Å². The van der Waals surface area contributed by atoms with Gasteiger partial charge in [-0.05, 0) is 48.4 Å². The summed E-state index contributed by atoms with van der Waals surface area (Å²) in [5.74, 6) is -0.637. The van der Waals surface area contributed by atoms with E-state index in [4.69, 9.17) is 0 Å². The molecule has 0 aromatic heterocycles. The first-order chi connectivity index (χ1) is 15.0. The summed E-state index contributed by atoms with van der Waals surface area (Å²) in [6.45, 7) is 1.95. The highest BCUT2D eigenvalue weighted by Crippen LogP contribution is 2.52. The predicted octanol–water partition coefficient (Wildman–Crippen LogP) is 3.49. The number of anilines is 1. The van der Waals surface area contributed by atoms with Crippen molar-refractivity contribution in [2.45, 2.75) is 25.9 Å². The van der Waals surface area contributed by atoms with Gasteiger partial charge in [-0.3, -0.25) is 14.5 Å². The highest BCUT2D eigenvalue weighted by molar-refractivity contribution is 6.07. The normalized spacial score (nSPS) is 26.8. The molecule has 1 saturated heterocycles. The van der Waals surface area contributed by atoms with E-state index in [1.54, 1.807) is 6.07 Å². The van der Waals surface area contributed by atoms with E-state index in [9.17, 15) is 14.4 Å². The van der Waals surface area contributed by atoms with Gasteiger partial charge < -0.3 is 10.6 Å². The Morgan fingerprint density at radius 3 is 2.32 bits per heavy atom. The molecule has 1 saturated carbocycles. The lowest BCUT2D eigenvalue weighted by atomic mass is 9.85. The van der Waals surface area contributed by atoms with Crippen molar-refractivity contribution < 1.29 is 14.4 Å². The molecule has 6 nitrogen and oxygen atoms in total. The molecule has 158 valence electrons. The maximum atomic E-state index is 13.3. The maximum Gasteiger partial charge on any atom is 0.320 e. The number of hydrogen-bond donors (Lipinski definition) is 2. The smallest absolute Gasteiger partial charge is 0.317 e. The van der Waals surface area contributed by atoms with Crippen molar-refractivity contribution in [2.75, 3.05) is 5.32 Å². The largest absolute Gasteiger partial charge is 0.320 e. The fourth-order valence-electron chi connectivity index (χ4n) is 5.32. The molecule has 0 radical (unpaired) electrons. The average molecular weight is 415 g/mol. The van der Waals surface area contributed by atoms with Gasteiger partial charge in [0.15, 0.2) is 0 Å². The van der Waals surface area contributed by atoms with Gasteiger partial charge in [0.25, 0.3) is 0 Å². The summed E-state index contributed by atoms with van der Waals surface area (Å²) in [6, 6.07) is 16.6. The van der Waals surface area contributed by atoms with Crippen molar-refractivity contribution in [1.82, 2.24) is 10.2 Å². The molecular weight excluding hydrogens is 390 g/mol. The van der Waals surface area contributed by atoms with Gasteiger partial charge in [-0.15, -0.1) is 0 Å². The molecule has 5 rings (SSSR count). The zero-order valence-corrected chi connectivity index (χ0v) is 17.3. The standard InChI is InChI=1S/C25H25N3O3/c1-15-6-5-9-19(12-15)26-25(31)27-20(13-16-7-3-2-4-8-16)28-23(29)21-17-10-11-18(14-17)22(21)24(28)30/h2-12,17-18,20-22H,13-14H2,1H3,(H2,26,27,31). The number of nitrogens with one attached hydrogen (secondary N) is 2. The van der Waals surface area contributed by atoms with Gasteiger partial charge in [-0.2, -0.15) is 0 Å². The van der Waals surface area contributed by atoms with Gasteiger partial charge in [0.2, 0.25) is 11.8 Å². The number of urea groups is 1. The number of carbonyl (C=O) groups excluding carboxylic acids is 3. The van der Waals surface area contributed by atoms with E-state index in [1.807, 2.05) is 55.5 Å². The van der Waals surface area contributed by atoms with Crippen LogP contribution in [0.2, 0.25) is 0 Å². The average Bonchev–Trinajstić information content (AvgIpc) is 3.42. The van der Waals surface area contributed by atoms with Crippen molar-refractivity contribution in [3.8, 4) is 0 Å². The molecule has 2 N–H and O–H groups in total. The summed E-state index contributed by atoms with van der Waals surface area (Å²) in [7, 11) is 0. The van der Waals surface area contributed by atoms with Crippen molar-refractivity contribution in [1.29, 1.82) is 0 Å². The fourth-order valence-corrected chi connectivity index (χ4v) is 5.32. The van der Waals surface area contributed by atoms with Gasteiger partial charge in [-0.25, -0.2) is 4.79 Å². The topological polar surface area (TPSA) is 78.5 Å². The van der Waals surface area contributed by atoms with Gasteiger partial charge in [0, 0.05) is 12.1 Å². The monoisotopic (exact) mass is 415 g/mol. The maximum absolute atomic E-state index is 13.3. The van der Waals surface area contributed by atoms with Gasteiger partial charge in [-0.1, -0.05) is 54.6 Å². The Labute approximate surface area is 181 Å². The van der Waals surface area contributed by atoms with Crippen LogP contribution >= 0.6 is 0 Å². The molecule has 2 bridgehead atoms. The quantitative estimate of drug-likeness (QED) is 0.580. The Hall–Kier alpha value is -3.41. The van der Waals surface area contributed by atoms with Crippen LogP contribution in [0, 0.1) is 30.6 Å². The van der Waals surface area contributed by atoms with E-state index >= 15 is 0 Å². The second kappa shape index (κ2) is 7.69. The highest BCUT2D eigenvalue weighted by atomic mass is 16.2. The number of nitrogens with zero attached hydrogens (tertiary/aromatic N) is 1. The van der Waals surface area contributed by atoms with Crippen LogP contribution in [0.5, 0.6) is 0 Å². The van der Waals surface area contributed by atoms with E-state index in [2.05, 4.69) is 22.8 Å². The van der Waals surface area contributed by atoms with Crippen LogP contribution in [0.1, 0.15) is 17.5 Å². The molecule has 4 amide bonds. The molecule has 6 heteroatoms. The van der Waals surface area contributed by atoms with Crippen molar-refractivity contribution in [3.63, 3.8) is 0 Å². The number of imide groups is 1. The first kappa shape index (κ1) is 19.5. The third-order valence-corrected chi connectivity index (χ3v) is 6.66. The van der Waals surface area contributed by atoms with E-state index in [0.717, 1.165) is 17.5 Å². The number of carbonyl (C=O) groups is 3. The Morgan fingerprint density at radius 1 is 1.00 bits per heavy atom. The summed E-state index contributed by atoms with van der Waals surface area (Å²) < 4.78 is 0. The molecule has 31 heavy (non-hydrogen) atoms. The summed E-state index contributed by atoms with van der Waals surface area (Å²) in [5, 5.41) is 5.71. The van der Waals surface area contributed by atoms with E-state index < -0.39 is 12.2 Å². The van der Waals surface area contributed by atoms with Crippen LogP contribution in [0.25, 0.3) is 0 Å². The Morgan fingerprint density at radius 2 is 1.68 bits per heavy atom. The Kier molecular flexibility index (Phi) is 4.85. The zero-order valence-electron chi connectivity index (χ0n) is 17.3. The lowest BCUT2D eigenvalue weighted by Gasteiger charge is -2.29. The number of hydrogen-bond acceptors (Lipinski definition) is 3. The first-order valence-electron chi connectivity index (χ1n) is 10.7. The number of rotatable bonds is 5. The minimum atomic E-state index is -0.739. The third-order valence-electron chi connectivity index (χ3n) is 6.66. The van der Waals surface area contributed by atoms with Crippen LogP contribution in [0.4, 0.5) is 10.5 Å². The predicted molar refractivity (Wildman–Crippen MR) is 117 cm³/mol. The van der Waals surface area contributed by atoms with E-state index in [0.29, 0.717) is 12.1 Å². The Bertz CT molecular complexity index is 1030. The molecule has 2 aromatic rings. The van der Waals surface area contributed by atoms with E-state index in [1.165, 1.54) is 4.90 Å². The van der Waals surface area contributed by atoms with Crippen LogP contribution in [0.15, 0.2) is 66.7 Å². The summed E-state index contributed by atoms with van der Waals surface area (Å²) in [6.07, 6.45) is 4.65. The second-order valence-electron chi connectivity index (χ2n) is 8.72. The summed E-state index contributed by atoms with van der Waals surface area (Å²) in [4.78, 5) is 40.7. The van der Waals surface area contributed by atoms with Crippen LogP contribution in [-0.2, 0) is 16.0 Å². The second-order valence-corrected chi connectivity index (χ2v) is 8.72. The minimum absolute atomic E-state index is 0.134. The minimum Gasteiger partial charge on any atom is -0.317 e. The van der Waals surface area contributed by atoms with Crippen LogP contribution < -0.4 is 10.6 Å². The number of amides is 4. The van der Waals surface area contributed by atoms with Crippen LogP contribution in [-0.4, -0.2) is 28.9 Å². The van der Waals surface area contributed by atoms with Crippen molar-refractivity contribution in [2.24, 2.45) is 23.7 Å². The van der Waals surface area contributed by atoms with Gasteiger partial charge >= 0.3 is 6.03 Å². The van der Waals surface area contributed by atoms with Crippen LogP contribution in [0.3, 0.4) is 0 Å². The molecular formula is C25H25N3O3. The number of aryl methyl sites for hydroxylation is 1. The van der Waals surface area contributed by atoms with E-state index in [-0.39, 0.29) is 35.5 Å². The number of benzene rings is 2. The molecule has 0 spiro atoms. The van der Waals surface area contributed by atoms with Crippen molar-refractivity contribution in [3.05, 3.63) is 77.9 Å². The molecule has 3 aliphatic rings. The zero-order chi connectivity index (χ0) is 21.5.